The number of hydrogen-bond donors (Lipinski definition) is 1. The van der Waals surface area contributed by atoms with E-state index in [4.69, 9.17) is 10.5 Å². The first-order chi connectivity index (χ1) is 8.13. The first-order valence-electron chi connectivity index (χ1n) is 5.70. The maximum Gasteiger partial charge on any atom is 0.168 e. The van der Waals surface area contributed by atoms with Crippen LogP contribution in [0, 0.1) is 11.7 Å². The van der Waals surface area contributed by atoms with E-state index in [0.717, 1.165) is 5.56 Å². The molecule has 1 aliphatic carbocycles. The molecule has 0 aliphatic heterocycles. The number of benzene rings is 1. The van der Waals surface area contributed by atoms with Gasteiger partial charge in [0.1, 0.15) is 5.82 Å². The topological polar surface area (TPSA) is 52.3 Å². The van der Waals surface area contributed by atoms with E-state index >= 15 is 0 Å². The zero-order valence-corrected chi connectivity index (χ0v) is 9.78. The number of hydrogen-bond acceptors (Lipinski definition) is 3. The maximum absolute atomic E-state index is 13.1. The number of Topliss-reactive ketones (excluding diaryl/α,β-unsaturated/α-hetero) is 1. The van der Waals surface area contributed by atoms with Crippen molar-refractivity contribution in [3.63, 3.8) is 0 Å². The standard InChI is InChI=1S/C13H16FNO2/c1-17-5-4-12(15)11-7-8-6-9(14)2-3-10(8)13(11)16/h2-3,6,11-12H,4-5,7,15H2,1H3. The van der Waals surface area contributed by atoms with Crippen molar-refractivity contribution in [1.29, 1.82) is 0 Å². The van der Waals surface area contributed by atoms with Crippen LogP contribution in [0.25, 0.3) is 0 Å². The quantitative estimate of drug-likeness (QED) is 0.864. The third-order valence-electron chi connectivity index (χ3n) is 3.28. The normalized spacial score (nSPS) is 20.4. The Morgan fingerprint density at radius 3 is 3.06 bits per heavy atom. The first-order valence-corrected chi connectivity index (χ1v) is 5.70. The number of rotatable bonds is 4. The van der Waals surface area contributed by atoms with Gasteiger partial charge in [-0.1, -0.05) is 0 Å². The van der Waals surface area contributed by atoms with Crippen LogP contribution in [-0.4, -0.2) is 25.5 Å². The summed E-state index contributed by atoms with van der Waals surface area (Å²) >= 11 is 0. The molecule has 0 amide bonds. The minimum atomic E-state index is -0.303. The number of fused-ring (bicyclic) bond motifs is 1. The van der Waals surface area contributed by atoms with Crippen LogP contribution < -0.4 is 5.73 Å². The van der Waals surface area contributed by atoms with Crippen molar-refractivity contribution in [3.8, 4) is 0 Å². The second kappa shape index (κ2) is 4.94. The number of halogens is 1. The second-order valence-corrected chi connectivity index (χ2v) is 4.42. The molecular formula is C13H16FNO2. The molecule has 92 valence electrons. The highest BCUT2D eigenvalue weighted by Gasteiger charge is 2.34. The predicted octanol–water partition coefficient (Wildman–Crippen LogP) is 1.54. The molecule has 0 heterocycles. The summed E-state index contributed by atoms with van der Waals surface area (Å²) in [6.45, 7) is 0.537. The number of methoxy groups -OCH3 is 1. The molecule has 2 unspecified atom stereocenters. The zero-order chi connectivity index (χ0) is 12.4. The molecule has 1 aromatic carbocycles. The van der Waals surface area contributed by atoms with E-state index < -0.39 is 0 Å². The van der Waals surface area contributed by atoms with E-state index in [1.54, 1.807) is 13.2 Å². The van der Waals surface area contributed by atoms with Gasteiger partial charge in [0.15, 0.2) is 5.78 Å². The summed E-state index contributed by atoms with van der Waals surface area (Å²) in [7, 11) is 1.60. The van der Waals surface area contributed by atoms with Crippen LogP contribution in [0.1, 0.15) is 22.3 Å². The fourth-order valence-electron chi connectivity index (χ4n) is 2.30. The molecule has 0 fully saturated rings. The molecule has 0 spiro atoms. The molecule has 0 saturated heterocycles. The Balaban J connectivity index is 2.13. The van der Waals surface area contributed by atoms with Gasteiger partial charge in [-0.15, -0.1) is 0 Å². The van der Waals surface area contributed by atoms with Crippen molar-refractivity contribution >= 4 is 5.78 Å². The fraction of sp³-hybridized carbons (Fsp3) is 0.462. The van der Waals surface area contributed by atoms with Gasteiger partial charge in [0.05, 0.1) is 0 Å². The van der Waals surface area contributed by atoms with Gasteiger partial charge in [0, 0.05) is 31.2 Å². The molecular weight excluding hydrogens is 221 g/mol. The van der Waals surface area contributed by atoms with Crippen molar-refractivity contribution in [2.75, 3.05) is 13.7 Å². The zero-order valence-electron chi connectivity index (χ0n) is 9.78. The molecule has 0 bridgehead atoms. The van der Waals surface area contributed by atoms with Gasteiger partial charge < -0.3 is 10.5 Å². The lowest BCUT2D eigenvalue weighted by Crippen LogP contribution is -2.34. The largest absolute Gasteiger partial charge is 0.385 e. The predicted molar refractivity (Wildman–Crippen MR) is 62.4 cm³/mol. The molecule has 2 N–H and O–H groups in total. The number of nitrogens with two attached hydrogens (primary N) is 1. The highest BCUT2D eigenvalue weighted by molar-refractivity contribution is 6.02. The minimum Gasteiger partial charge on any atom is -0.385 e. The molecule has 0 radical (unpaired) electrons. The Kier molecular flexibility index (Phi) is 3.54. The molecule has 1 aromatic rings. The smallest absolute Gasteiger partial charge is 0.168 e. The molecule has 1 aliphatic rings. The lowest BCUT2D eigenvalue weighted by molar-refractivity contribution is 0.0905. The van der Waals surface area contributed by atoms with E-state index in [-0.39, 0.29) is 23.6 Å². The average Bonchev–Trinajstić information content (AvgIpc) is 2.63. The van der Waals surface area contributed by atoms with Crippen LogP contribution in [0.3, 0.4) is 0 Å². The van der Waals surface area contributed by atoms with Crippen LogP contribution in [0.15, 0.2) is 18.2 Å². The van der Waals surface area contributed by atoms with Crippen LogP contribution in [-0.2, 0) is 11.2 Å². The highest BCUT2D eigenvalue weighted by Crippen LogP contribution is 2.29. The van der Waals surface area contributed by atoms with E-state index in [2.05, 4.69) is 0 Å². The van der Waals surface area contributed by atoms with E-state index in [0.29, 0.717) is 25.0 Å². The first kappa shape index (κ1) is 12.2. The van der Waals surface area contributed by atoms with Crippen LogP contribution in [0.5, 0.6) is 0 Å². The van der Waals surface area contributed by atoms with Crippen molar-refractivity contribution in [3.05, 3.63) is 35.1 Å². The van der Waals surface area contributed by atoms with Gasteiger partial charge >= 0.3 is 0 Å². The molecule has 0 aromatic heterocycles. The van der Waals surface area contributed by atoms with Crippen LogP contribution in [0.4, 0.5) is 4.39 Å². The molecule has 0 saturated carbocycles. The summed E-state index contributed by atoms with van der Waals surface area (Å²) in [4.78, 5) is 12.1. The van der Waals surface area contributed by atoms with Crippen LogP contribution in [0.2, 0.25) is 0 Å². The van der Waals surface area contributed by atoms with Gasteiger partial charge in [0.2, 0.25) is 0 Å². The number of ether oxygens (including phenoxy) is 1. The highest BCUT2D eigenvalue weighted by atomic mass is 19.1. The molecule has 3 nitrogen and oxygen atoms in total. The van der Waals surface area contributed by atoms with E-state index in [1.165, 1.54) is 12.1 Å². The van der Waals surface area contributed by atoms with Gasteiger partial charge in [-0.3, -0.25) is 4.79 Å². The monoisotopic (exact) mass is 237 g/mol. The SMILES string of the molecule is COCCC(N)C1Cc2cc(F)ccc2C1=O. The fourth-order valence-corrected chi connectivity index (χ4v) is 2.30. The average molecular weight is 237 g/mol. The van der Waals surface area contributed by atoms with E-state index in [1.807, 2.05) is 0 Å². The van der Waals surface area contributed by atoms with Crippen molar-refractivity contribution in [2.45, 2.75) is 18.9 Å². The third kappa shape index (κ3) is 2.37. The summed E-state index contributed by atoms with van der Waals surface area (Å²) in [5.74, 6) is -0.506. The molecule has 17 heavy (non-hydrogen) atoms. The van der Waals surface area contributed by atoms with Crippen molar-refractivity contribution in [2.24, 2.45) is 11.7 Å². The minimum absolute atomic E-state index is 0.0311. The van der Waals surface area contributed by atoms with Gasteiger partial charge in [-0.25, -0.2) is 4.39 Å². The Morgan fingerprint density at radius 1 is 1.59 bits per heavy atom. The Labute approximate surface area is 99.8 Å². The number of ketones is 1. The summed E-state index contributed by atoms with van der Waals surface area (Å²) < 4.78 is 18.0. The third-order valence-corrected chi connectivity index (χ3v) is 3.28. The Morgan fingerprint density at radius 2 is 2.35 bits per heavy atom. The Bertz CT molecular complexity index is 433. The summed E-state index contributed by atoms with van der Waals surface area (Å²) in [5, 5.41) is 0. The number of carbonyl (C=O) groups is 1. The molecule has 4 heteroatoms. The van der Waals surface area contributed by atoms with Crippen LogP contribution >= 0.6 is 0 Å². The lowest BCUT2D eigenvalue weighted by Gasteiger charge is -2.16. The van der Waals surface area contributed by atoms with Gasteiger partial charge in [0.25, 0.3) is 0 Å². The number of carbonyl (C=O) groups excluding carboxylic acids is 1. The summed E-state index contributed by atoms with van der Waals surface area (Å²) in [6, 6.07) is 4.07. The summed E-state index contributed by atoms with van der Waals surface area (Å²) in [6.07, 6.45) is 1.18. The van der Waals surface area contributed by atoms with Gasteiger partial charge in [-0.2, -0.15) is 0 Å². The second-order valence-electron chi connectivity index (χ2n) is 4.42. The maximum atomic E-state index is 13.1. The van der Waals surface area contributed by atoms with Crippen molar-refractivity contribution < 1.29 is 13.9 Å². The van der Waals surface area contributed by atoms with Gasteiger partial charge in [-0.05, 0) is 36.6 Å². The van der Waals surface area contributed by atoms with Crippen molar-refractivity contribution in [1.82, 2.24) is 0 Å². The Hall–Kier alpha value is -1.26. The molecule has 2 rings (SSSR count). The van der Waals surface area contributed by atoms with E-state index in [9.17, 15) is 9.18 Å². The summed E-state index contributed by atoms with van der Waals surface area (Å²) in [5.41, 5.74) is 7.36. The lowest BCUT2D eigenvalue weighted by atomic mass is 9.94. The molecule has 2 atom stereocenters.